The van der Waals surface area contributed by atoms with Crippen LogP contribution in [-0.2, 0) is 9.53 Å². The van der Waals surface area contributed by atoms with E-state index in [9.17, 15) is 4.79 Å². The molecular weight excluding hydrogens is 470 g/mol. The Kier molecular flexibility index (Phi) is 9.11. The van der Waals surface area contributed by atoms with E-state index >= 15 is 0 Å². The molecular formula is C16H29IO2Sn. The molecule has 2 nitrogen and oxygen atoms in total. The molecule has 1 heterocycles. The summed E-state index contributed by atoms with van der Waals surface area (Å²) >= 11 is -0.125. The third-order valence-corrected chi connectivity index (χ3v) is 23.0. The van der Waals surface area contributed by atoms with Crippen molar-refractivity contribution < 1.29 is 9.53 Å². The summed E-state index contributed by atoms with van der Waals surface area (Å²) in [7, 11) is 0. The molecule has 0 saturated carbocycles. The van der Waals surface area contributed by atoms with E-state index in [1.807, 2.05) is 0 Å². The van der Waals surface area contributed by atoms with Gasteiger partial charge >= 0.3 is 143 Å². The van der Waals surface area contributed by atoms with Gasteiger partial charge in [0, 0.05) is 0 Å². The van der Waals surface area contributed by atoms with Crippen LogP contribution >= 0.6 is 22.6 Å². The number of esters is 1. The predicted octanol–water partition coefficient (Wildman–Crippen LogP) is 5.62. The summed E-state index contributed by atoms with van der Waals surface area (Å²) < 4.78 is 12.1. The third-order valence-electron chi connectivity index (χ3n) is 4.46. The van der Waals surface area contributed by atoms with Gasteiger partial charge in [-0.1, -0.05) is 0 Å². The van der Waals surface area contributed by atoms with E-state index in [0.717, 1.165) is 3.58 Å². The molecule has 20 heavy (non-hydrogen) atoms. The van der Waals surface area contributed by atoms with Crippen molar-refractivity contribution in [1.29, 1.82) is 0 Å². The minimum absolute atomic E-state index is 0.0498. The average molecular weight is 499 g/mol. The van der Waals surface area contributed by atoms with Gasteiger partial charge in [-0.05, 0) is 0 Å². The van der Waals surface area contributed by atoms with Gasteiger partial charge in [-0.3, -0.25) is 0 Å². The van der Waals surface area contributed by atoms with E-state index in [0.29, 0.717) is 6.61 Å². The fourth-order valence-corrected chi connectivity index (χ4v) is 23.5. The Morgan fingerprint density at radius 2 is 1.45 bits per heavy atom. The molecule has 0 radical (unpaired) electrons. The molecule has 0 unspecified atom stereocenters. The summed E-state index contributed by atoms with van der Waals surface area (Å²) in [6.45, 7) is 7.48. The molecule has 1 rings (SSSR count). The maximum absolute atomic E-state index is 11.8. The summed E-state index contributed by atoms with van der Waals surface area (Å²) in [5.74, 6) is -0.0498. The number of unbranched alkanes of at least 4 members (excludes halogenated alkanes) is 3. The number of carbonyl (C=O) groups excluding carboxylic acids is 1. The van der Waals surface area contributed by atoms with Crippen molar-refractivity contribution in [2.24, 2.45) is 0 Å². The quantitative estimate of drug-likeness (QED) is 0.222. The minimum atomic E-state index is -2.38. The Morgan fingerprint density at radius 3 is 1.75 bits per heavy atom. The molecule has 0 aromatic carbocycles. The second-order valence-electron chi connectivity index (χ2n) is 5.96. The molecule has 0 aromatic heterocycles. The van der Waals surface area contributed by atoms with Crippen LogP contribution in [0.4, 0.5) is 0 Å². The Balaban J connectivity index is 3.02. The van der Waals surface area contributed by atoms with Crippen molar-refractivity contribution in [3.8, 4) is 0 Å². The zero-order valence-electron chi connectivity index (χ0n) is 13.3. The number of hydrogen-bond donors (Lipinski definition) is 0. The van der Waals surface area contributed by atoms with E-state index in [-0.39, 0.29) is 5.97 Å². The Labute approximate surface area is 142 Å². The molecule has 0 bridgehead atoms. The van der Waals surface area contributed by atoms with Crippen LogP contribution in [0.3, 0.4) is 0 Å². The zero-order valence-corrected chi connectivity index (χ0v) is 18.3. The van der Waals surface area contributed by atoms with Crippen LogP contribution in [0.1, 0.15) is 59.3 Å². The van der Waals surface area contributed by atoms with Gasteiger partial charge in [0.15, 0.2) is 0 Å². The monoisotopic (exact) mass is 500 g/mol. The fraction of sp³-hybridized carbons (Fsp3) is 0.812. The molecule has 116 valence electrons. The number of ether oxygens (including phenoxy) is 1. The molecule has 1 aliphatic heterocycles. The average Bonchev–Trinajstić information content (AvgIpc) is 2.79. The van der Waals surface area contributed by atoms with E-state index in [2.05, 4.69) is 43.4 Å². The summed E-state index contributed by atoms with van der Waals surface area (Å²) in [6, 6.07) is 0. The topological polar surface area (TPSA) is 26.3 Å². The first kappa shape index (κ1) is 18.8. The van der Waals surface area contributed by atoms with Crippen molar-refractivity contribution in [2.45, 2.75) is 72.6 Å². The fourth-order valence-electron chi connectivity index (χ4n) is 3.15. The molecule has 1 aliphatic rings. The first-order valence-electron chi connectivity index (χ1n) is 8.17. The second kappa shape index (κ2) is 9.69. The molecule has 0 aliphatic carbocycles. The molecule has 0 spiro atoms. The van der Waals surface area contributed by atoms with Crippen LogP contribution in [0.25, 0.3) is 0 Å². The van der Waals surface area contributed by atoms with Gasteiger partial charge in [-0.15, -0.1) is 0 Å². The van der Waals surface area contributed by atoms with Crippen molar-refractivity contribution in [3.63, 3.8) is 0 Å². The predicted molar refractivity (Wildman–Crippen MR) is 96.9 cm³/mol. The standard InChI is InChI=1S/C4H2IO2.3C4H9.Sn/c5-3-1-2-7-4(3)6;3*1-3-4-2;/h2H2;3*1,3-4H2,2H3;. The number of hydrogen-bond acceptors (Lipinski definition) is 2. The van der Waals surface area contributed by atoms with Crippen molar-refractivity contribution in [2.75, 3.05) is 6.61 Å². The van der Waals surface area contributed by atoms with E-state index in [4.69, 9.17) is 4.74 Å². The number of cyclic esters (lactones) is 1. The van der Waals surface area contributed by atoms with Crippen LogP contribution in [0, 0.1) is 0 Å². The van der Waals surface area contributed by atoms with Crippen LogP contribution in [0.5, 0.6) is 0 Å². The molecule has 4 heteroatoms. The Morgan fingerprint density at radius 1 is 1.00 bits per heavy atom. The van der Waals surface area contributed by atoms with E-state index < -0.39 is 18.4 Å². The molecule has 0 amide bonds. The summed E-state index contributed by atoms with van der Waals surface area (Å²) in [5.41, 5.74) is 0. The van der Waals surface area contributed by atoms with Crippen LogP contribution in [0.15, 0.2) is 7.17 Å². The molecule has 0 N–H and O–H groups in total. The molecule has 0 saturated heterocycles. The van der Waals surface area contributed by atoms with Gasteiger partial charge < -0.3 is 0 Å². The van der Waals surface area contributed by atoms with Gasteiger partial charge in [0.25, 0.3) is 0 Å². The van der Waals surface area contributed by atoms with E-state index in [1.54, 1.807) is 0 Å². The van der Waals surface area contributed by atoms with Gasteiger partial charge in [-0.25, -0.2) is 0 Å². The number of carbonyl (C=O) groups is 1. The summed E-state index contributed by atoms with van der Waals surface area (Å²) in [5, 5.41) is 0. The molecule has 0 atom stereocenters. The van der Waals surface area contributed by atoms with Crippen molar-refractivity contribution >= 4 is 46.9 Å². The van der Waals surface area contributed by atoms with Crippen LogP contribution < -0.4 is 0 Å². The third kappa shape index (κ3) is 4.89. The second-order valence-corrected chi connectivity index (χ2v) is 20.4. The molecule has 0 fully saturated rings. The van der Waals surface area contributed by atoms with E-state index in [1.165, 1.54) is 55.4 Å². The SMILES string of the molecule is CCC[CH2][Sn]([CH2]CCC)([CH2]CCC)[C]1=C(I)C(=O)OC1. The first-order chi connectivity index (χ1) is 9.61. The van der Waals surface area contributed by atoms with Crippen LogP contribution in [0.2, 0.25) is 13.3 Å². The van der Waals surface area contributed by atoms with Gasteiger partial charge in [0.1, 0.15) is 0 Å². The van der Waals surface area contributed by atoms with Gasteiger partial charge in [0.05, 0.1) is 0 Å². The Hall–Kier alpha value is 0.739. The summed E-state index contributed by atoms with van der Waals surface area (Å²) in [4.78, 5) is 11.8. The van der Waals surface area contributed by atoms with Gasteiger partial charge in [-0.2, -0.15) is 0 Å². The number of rotatable bonds is 10. The normalized spacial score (nSPS) is 15.9. The van der Waals surface area contributed by atoms with Crippen LogP contribution in [-0.4, -0.2) is 31.0 Å². The van der Waals surface area contributed by atoms with Crippen molar-refractivity contribution in [3.05, 3.63) is 7.17 Å². The number of halogens is 1. The zero-order chi connectivity index (χ0) is 15.0. The first-order valence-corrected chi connectivity index (χ1v) is 16.7. The van der Waals surface area contributed by atoms with Gasteiger partial charge in [0.2, 0.25) is 0 Å². The summed E-state index contributed by atoms with van der Waals surface area (Å²) in [6.07, 6.45) is 7.84. The van der Waals surface area contributed by atoms with Crippen molar-refractivity contribution in [1.82, 2.24) is 0 Å². The Bertz CT molecular complexity index is 331. The molecule has 0 aromatic rings. The maximum atomic E-state index is 11.8.